The van der Waals surface area contributed by atoms with E-state index in [-0.39, 0.29) is 4.90 Å². The van der Waals surface area contributed by atoms with Crippen molar-refractivity contribution in [1.29, 1.82) is 0 Å². The quantitative estimate of drug-likeness (QED) is 0.613. The highest BCUT2D eigenvalue weighted by atomic mass is 79.9. The fourth-order valence-electron chi connectivity index (χ4n) is 2.47. The summed E-state index contributed by atoms with van der Waals surface area (Å²) in [6.07, 6.45) is 1.60. The van der Waals surface area contributed by atoms with E-state index in [9.17, 15) is 8.42 Å². The number of hydrogen-bond acceptors (Lipinski definition) is 3. The van der Waals surface area contributed by atoms with Gasteiger partial charge in [0.1, 0.15) is 0 Å². The van der Waals surface area contributed by atoms with Crippen LogP contribution in [0.3, 0.4) is 0 Å². The average molecular weight is 417 g/mol. The molecule has 6 heteroatoms. The topological polar surface area (TPSA) is 42.3 Å². The Hall–Kier alpha value is -2.07. The monoisotopic (exact) mass is 416 g/mol. The Kier molecular flexibility index (Phi) is 5.00. The summed E-state index contributed by atoms with van der Waals surface area (Å²) in [5.41, 5.74) is 1.30. The lowest BCUT2D eigenvalue weighted by Gasteiger charge is -2.07. The Bertz CT molecular complexity index is 1080. The van der Waals surface area contributed by atoms with Gasteiger partial charge in [0.2, 0.25) is 0 Å². The van der Waals surface area contributed by atoms with Crippen molar-refractivity contribution in [1.82, 2.24) is 8.87 Å². The molecule has 128 valence electrons. The molecule has 3 rings (SSSR count). The van der Waals surface area contributed by atoms with E-state index >= 15 is 0 Å². The third-order valence-electron chi connectivity index (χ3n) is 3.65. The van der Waals surface area contributed by atoms with Crippen molar-refractivity contribution in [2.45, 2.75) is 4.90 Å². The van der Waals surface area contributed by atoms with E-state index in [0.29, 0.717) is 17.6 Å². The van der Waals surface area contributed by atoms with E-state index < -0.39 is 10.0 Å². The summed E-state index contributed by atoms with van der Waals surface area (Å²) in [5.74, 6) is 6.16. The number of benzene rings is 2. The maximum atomic E-state index is 13.0. The standard InChI is InChI=1S/C19H17BrN2O2S/c1-21(2)12-6-7-15-14-22(19-11-10-16(20)13-18(15)19)25(23,24)17-8-4-3-5-9-17/h3-5,8-11,13-14H,12H2,1-2H3. The second-order valence-electron chi connectivity index (χ2n) is 5.86. The smallest absolute Gasteiger partial charge is 0.268 e. The first-order chi connectivity index (χ1) is 11.9. The Morgan fingerprint density at radius 3 is 2.52 bits per heavy atom. The fourth-order valence-corrected chi connectivity index (χ4v) is 4.22. The highest BCUT2D eigenvalue weighted by Gasteiger charge is 2.20. The molecule has 0 bridgehead atoms. The van der Waals surface area contributed by atoms with Crippen LogP contribution >= 0.6 is 15.9 Å². The highest BCUT2D eigenvalue weighted by Crippen LogP contribution is 2.28. The predicted molar refractivity (Wildman–Crippen MR) is 104 cm³/mol. The van der Waals surface area contributed by atoms with Crippen molar-refractivity contribution in [3.05, 3.63) is 64.8 Å². The van der Waals surface area contributed by atoms with Gasteiger partial charge in [-0.05, 0) is 44.4 Å². The van der Waals surface area contributed by atoms with Crippen molar-refractivity contribution >= 4 is 36.9 Å². The van der Waals surface area contributed by atoms with Gasteiger partial charge in [0.15, 0.2) is 0 Å². The van der Waals surface area contributed by atoms with Crippen molar-refractivity contribution < 1.29 is 8.42 Å². The van der Waals surface area contributed by atoms with Crippen LogP contribution in [0.2, 0.25) is 0 Å². The lowest BCUT2D eigenvalue weighted by atomic mass is 10.2. The van der Waals surface area contributed by atoms with Crippen LogP contribution in [-0.4, -0.2) is 37.9 Å². The summed E-state index contributed by atoms with van der Waals surface area (Å²) >= 11 is 3.45. The number of rotatable bonds is 3. The minimum Gasteiger partial charge on any atom is -0.299 e. The third-order valence-corrected chi connectivity index (χ3v) is 5.83. The molecule has 0 amide bonds. The van der Waals surface area contributed by atoms with Crippen LogP contribution in [0.25, 0.3) is 10.9 Å². The molecule has 3 aromatic rings. The van der Waals surface area contributed by atoms with E-state index in [4.69, 9.17) is 0 Å². The van der Waals surface area contributed by atoms with E-state index in [1.165, 1.54) is 3.97 Å². The number of halogens is 1. The molecule has 0 saturated carbocycles. The second kappa shape index (κ2) is 7.04. The van der Waals surface area contributed by atoms with E-state index in [0.717, 1.165) is 9.86 Å². The molecule has 25 heavy (non-hydrogen) atoms. The molecule has 0 aliphatic carbocycles. The summed E-state index contributed by atoms with van der Waals surface area (Å²) in [4.78, 5) is 2.21. The van der Waals surface area contributed by atoms with Gasteiger partial charge in [-0.2, -0.15) is 0 Å². The minimum absolute atomic E-state index is 0.252. The Labute approximate surface area is 156 Å². The number of fused-ring (bicyclic) bond motifs is 1. The fraction of sp³-hybridized carbons (Fsp3) is 0.158. The second-order valence-corrected chi connectivity index (χ2v) is 8.59. The Morgan fingerprint density at radius 2 is 1.84 bits per heavy atom. The van der Waals surface area contributed by atoms with Crippen LogP contribution in [0.5, 0.6) is 0 Å². The maximum Gasteiger partial charge on any atom is 0.268 e. The van der Waals surface area contributed by atoms with Gasteiger partial charge in [-0.1, -0.05) is 46.0 Å². The summed E-state index contributed by atoms with van der Waals surface area (Å²) in [5, 5.41) is 0.806. The van der Waals surface area contributed by atoms with Crippen LogP contribution in [0.1, 0.15) is 5.56 Å². The van der Waals surface area contributed by atoms with Crippen LogP contribution in [-0.2, 0) is 10.0 Å². The van der Waals surface area contributed by atoms with Gasteiger partial charge >= 0.3 is 0 Å². The van der Waals surface area contributed by atoms with Gasteiger partial charge in [0.05, 0.1) is 22.5 Å². The first kappa shape index (κ1) is 17.7. The van der Waals surface area contributed by atoms with Crippen LogP contribution in [0.15, 0.2) is 64.1 Å². The van der Waals surface area contributed by atoms with Crippen molar-refractivity contribution in [3.8, 4) is 11.8 Å². The molecular formula is C19H17BrN2O2S. The van der Waals surface area contributed by atoms with E-state index in [2.05, 4.69) is 27.8 Å². The van der Waals surface area contributed by atoms with Gasteiger partial charge < -0.3 is 0 Å². The van der Waals surface area contributed by atoms with Crippen LogP contribution in [0, 0.1) is 11.8 Å². The molecule has 2 aromatic carbocycles. The molecule has 0 atom stereocenters. The number of hydrogen-bond donors (Lipinski definition) is 0. The Balaban J connectivity index is 2.21. The van der Waals surface area contributed by atoms with Gasteiger partial charge in [0.25, 0.3) is 10.0 Å². The number of nitrogens with zero attached hydrogens (tertiary/aromatic N) is 2. The molecule has 0 aliphatic heterocycles. The molecule has 0 fully saturated rings. The molecule has 0 aliphatic rings. The number of aromatic nitrogens is 1. The first-order valence-corrected chi connectivity index (χ1v) is 9.88. The molecule has 1 aromatic heterocycles. The van der Waals surface area contributed by atoms with Crippen LogP contribution < -0.4 is 0 Å². The molecular weight excluding hydrogens is 400 g/mol. The van der Waals surface area contributed by atoms with Gasteiger partial charge in [-0.15, -0.1) is 0 Å². The van der Waals surface area contributed by atoms with Crippen molar-refractivity contribution in [2.24, 2.45) is 0 Å². The normalized spacial score (nSPS) is 11.5. The first-order valence-electron chi connectivity index (χ1n) is 7.64. The van der Waals surface area contributed by atoms with E-state index in [1.807, 2.05) is 31.1 Å². The molecule has 0 radical (unpaired) electrons. The molecule has 0 unspecified atom stereocenters. The summed E-state index contributed by atoms with van der Waals surface area (Å²) in [6.45, 7) is 0.603. The zero-order valence-corrected chi connectivity index (χ0v) is 16.3. The summed E-state index contributed by atoms with van der Waals surface area (Å²) in [6, 6.07) is 13.9. The summed E-state index contributed by atoms with van der Waals surface area (Å²) in [7, 11) is 0.202. The predicted octanol–water partition coefficient (Wildman–Crippen LogP) is 3.55. The third kappa shape index (κ3) is 3.64. The molecule has 0 N–H and O–H groups in total. The largest absolute Gasteiger partial charge is 0.299 e. The van der Waals surface area contributed by atoms with Gasteiger partial charge in [-0.3, -0.25) is 4.90 Å². The zero-order valence-electron chi connectivity index (χ0n) is 13.9. The van der Waals surface area contributed by atoms with E-state index in [1.54, 1.807) is 42.6 Å². The minimum atomic E-state index is -3.68. The maximum absolute atomic E-state index is 13.0. The van der Waals surface area contributed by atoms with Crippen molar-refractivity contribution in [3.63, 3.8) is 0 Å². The lowest BCUT2D eigenvalue weighted by molar-refractivity contribution is 0.464. The summed E-state index contributed by atoms with van der Waals surface area (Å²) < 4.78 is 28.2. The molecule has 0 spiro atoms. The molecule has 0 saturated heterocycles. The van der Waals surface area contributed by atoms with Gasteiger partial charge in [0, 0.05) is 16.1 Å². The SMILES string of the molecule is CN(C)CC#Cc1cn(S(=O)(=O)c2ccccc2)c2ccc(Br)cc12. The molecule has 4 nitrogen and oxygen atoms in total. The average Bonchev–Trinajstić information content (AvgIpc) is 2.94. The zero-order chi connectivity index (χ0) is 18.0. The molecule has 1 heterocycles. The van der Waals surface area contributed by atoms with Crippen molar-refractivity contribution in [2.75, 3.05) is 20.6 Å². The Morgan fingerprint density at radius 1 is 1.12 bits per heavy atom. The van der Waals surface area contributed by atoms with Crippen LogP contribution in [0.4, 0.5) is 0 Å². The highest BCUT2D eigenvalue weighted by molar-refractivity contribution is 9.10. The van der Waals surface area contributed by atoms with Gasteiger partial charge in [-0.25, -0.2) is 12.4 Å². The lowest BCUT2D eigenvalue weighted by Crippen LogP contribution is -2.11.